The second-order valence-corrected chi connectivity index (χ2v) is 7.40. The molecule has 0 aromatic carbocycles. The van der Waals surface area contributed by atoms with E-state index in [-0.39, 0.29) is 28.7 Å². The summed E-state index contributed by atoms with van der Waals surface area (Å²) in [6, 6.07) is 5.21. The Balaban J connectivity index is 1.85. The molecule has 140 valence electrons. The molecule has 1 fully saturated rings. The minimum atomic E-state index is -0.702. The van der Waals surface area contributed by atoms with E-state index in [1.165, 1.54) is 17.0 Å². The van der Waals surface area contributed by atoms with Crippen LogP contribution in [-0.4, -0.2) is 44.2 Å². The summed E-state index contributed by atoms with van der Waals surface area (Å²) in [6.45, 7) is 4.24. The van der Waals surface area contributed by atoms with Gasteiger partial charge in [0.25, 0.3) is 11.8 Å². The molecule has 27 heavy (non-hydrogen) atoms. The number of carbonyl (C=O) groups is 2. The number of nitrogens with two attached hydrogens (primary N) is 1. The van der Waals surface area contributed by atoms with Gasteiger partial charge in [0.1, 0.15) is 17.7 Å². The van der Waals surface area contributed by atoms with E-state index in [1.54, 1.807) is 30.1 Å². The van der Waals surface area contributed by atoms with Crippen LogP contribution in [-0.2, 0) is 0 Å². The number of nitrogens with zero attached hydrogens (tertiary/aromatic N) is 4. The first-order valence-electron chi connectivity index (χ1n) is 8.81. The molecule has 3 aromatic rings. The van der Waals surface area contributed by atoms with Crippen molar-refractivity contribution in [2.45, 2.75) is 32.7 Å². The number of hydrogen-bond acceptors (Lipinski definition) is 5. The summed E-state index contributed by atoms with van der Waals surface area (Å²) in [5, 5.41) is 0. The van der Waals surface area contributed by atoms with Crippen LogP contribution in [0.15, 0.2) is 35.2 Å². The number of hydrogen-bond donors (Lipinski definition) is 1. The monoisotopic (exact) mass is 367 g/mol. The molecule has 1 saturated carbocycles. The van der Waals surface area contributed by atoms with Gasteiger partial charge in [0, 0.05) is 13.1 Å². The maximum Gasteiger partial charge on any atom is 0.271 e. The van der Waals surface area contributed by atoms with Gasteiger partial charge in [-0.15, -0.1) is 0 Å². The highest BCUT2D eigenvalue weighted by Gasteiger charge is 2.45. The molecule has 1 atom stereocenters. The fourth-order valence-corrected chi connectivity index (χ4v) is 3.30. The lowest BCUT2D eigenvalue weighted by atomic mass is 9.99. The van der Waals surface area contributed by atoms with Gasteiger partial charge in [0.15, 0.2) is 17.1 Å². The lowest BCUT2D eigenvalue weighted by Gasteiger charge is -2.30. The predicted octanol–water partition coefficient (Wildman–Crippen LogP) is 2.35. The fourth-order valence-electron chi connectivity index (χ4n) is 3.30. The number of fused-ring (bicyclic) bond motifs is 1. The molecule has 3 heterocycles. The van der Waals surface area contributed by atoms with Crippen molar-refractivity contribution in [2.75, 3.05) is 7.05 Å². The molecule has 8 heteroatoms. The zero-order valence-electron chi connectivity index (χ0n) is 15.5. The van der Waals surface area contributed by atoms with E-state index < -0.39 is 5.91 Å². The Morgan fingerprint density at radius 1 is 1.41 bits per heavy atom. The Morgan fingerprint density at radius 2 is 2.15 bits per heavy atom. The van der Waals surface area contributed by atoms with E-state index in [1.807, 2.05) is 0 Å². The van der Waals surface area contributed by atoms with Crippen LogP contribution in [0, 0.1) is 5.41 Å². The zero-order valence-corrected chi connectivity index (χ0v) is 15.5. The van der Waals surface area contributed by atoms with Crippen LogP contribution in [0.2, 0.25) is 0 Å². The number of aromatic nitrogens is 3. The summed E-state index contributed by atoms with van der Waals surface area (Å²) < 4.78 is 6.93. The molecular formula is C19H21N5O3. The summed E-state index contributed by atoms with van der Waals surface area (Å²) in [5.41, 5.74) is 6.61. The molecule has 0 aliphatic heterocycles. The van der Waals surface area contributed by atoms with Crippen molar-refractivity contribution in [1.82, 2.24) is 19.3 Å². The van der Waals surface area contributed by atoms with Gasteiger partial charge >= 0.3 is 0 Å². The van der Waals surface area contributed by atoms with E-state index in [9.17, 15) is 9.59 Å². The number of imidazole rings is 1. The maximum atomic E-state index is 13.3. The highest BCUT2D eigenvalue weighted by molar-refractivity contribution is 5.99. The molecular weight excluding hydrogens is 346 g/mol. The highest BCUT2D eigenvalue weighted by Crippen LogP contribution is 2.49. The largest absolute Gasteiger partial charge is 0.463 e. The van der Waals surface area contributed by atoms with Crippen molar-refractivity contribution in [3.8, 4) is 11.5 Å². The average molecular weight is 367 g/mol. The number of primary amides is 1. The Morgan fingerprint density at radius 3 is 2.74 bits per heavy atom. The van der Waals surface area contributed by atoms with Crippen LogP contribution in [0.1, 0.15) is 47.7 Å². The number of furan rings is 1. The van der Waals surface area contributed by atoms with Crippen LogP contribution < -0.4 is 5.73 Å². The van der Waals surface area contributed by atoms with Gasteiger partial charge in [-0.3, -0.25) is 14.0 Å². The summed E-state index contributed by atoms with van der Waals surface area (Å²) in [7, 11) is 1.79. The topological polar surface area (TPSA) is 107 Å². The molecule has 0 radical (unpaired) electrons. The molecule has 0 bridgehead atoms. The average Bonchev–Trinajstić information content (AvgIpc) is 3.08. The second-order valence-electron chi connectivity index (χ2n) is 7.40. The van der Waals surface area contributed by atoms with E-state index in [0.717, 1.165) is 12.8 Å². The Bertz CT molecular complexity index is 1030. The summed E-state index contributed by atoms with van der Waals surface area (Å²) >= 11 is 0. The Labute approximate surface area is 156 Å². The first-order valence-corrected chi connectivity index (χ1v) is 8.81. The van der Waals surface area contributed by atoms with Crippen molar-refractivity contribution in [3.63, 3.8) is 0 Å². The molecule has 4 rings (SSSR count). The number of carbonyl (C=O) groups excluding carboxylic acids is 2. The number of rotatable bonds is 5. The standard InChI is InChI=1S/C19H21N5O3/c1-11(19(2)6-7-19)23(3)18(26)13-9-12(14-5-4-8-27-14)22-17-15(16(20)25)21-10-24(13)17/h4-5,8-11H,6-7H2,1-3H3,(H2,20,25). The first-order chi connectivity index (χ1) is 12.8. The third kappa shape index (κ3) is 2.77. The highest BCUT2D eigenvalue weighted by atomic mass is 16.3. The van der Waals surface area contributed by atoms with Gasteiger partial charge in [-0.25, -0.2) is 9.97 Å². The second kappa shape index (κ2) is 5.94. The van der Waals surface area contributed by atoms with Gasteiger partial charge in [0.05, 0.1) is 6.26 Å². The van der Waals surface area contributed by atoms with Crippen molar-refractivity contribution in [3.05, 3.63) is 42.2 Å². The van der Waals surface area contributed by atoms with Crippen molar-refractivity contribution in [1.29, 1.82) is 0 Å². The van der Waals surface area contributed by atoms with Gasteiger partial charge < -0.3 is 15.1 Å². The van der Waals surface area contributed by atoms with Crippen LogP contribution >= 0.6 is 0 Å². The van der Waals surface area contributed by atoms with Crippen LogP contribution in [0.3, 0.4) is 0 Å². The summed E-state index contributed by atoms with van der Waals surface area (Å²) in [4.78, 5) is 35.2. The molecule has 8 nitrogen and oxygen atoms in total. The van der Waals surface area contributed by atoms with E-state index >= 15 is 0 Å². The SMILES string of the molecule is CC(N(C)C(=O)c1cc(-c2ccco2)nc2c(C(N)=O)ncn12)C1(C)CC1. The maximum absolute atomic E-state index is 13.3. The van der Waals surface area contributed by atoms with Crippen LogP contribution in [0.5, 0.6) is 0 Å². The van der Waals surface area contributed by atoms with Crippen molar-refractivity contribution < 1.29 is 14.0 Å². The molecule has 2 N–H and O–H groups in total. The lowest BCUT2D eigenvalue weighted by Crippen LogP contribution is -2.40. The van der Waals surface area contributed by atoms with Crippen molar-refractivity contribution in [2.24, 2.45) is 11.1 Å². The van der Waals surface area contributed by atoms with Crippen LogP contribution in [0.4, 0.5) is 0 Å². The minimum absolute atomic E-state index is 0.0160. The Hall–Kier alpha value is -3.16. The molecule has 3 aromatic heterocycles. The van der Waals surface area contributed by atoms with Gasteiger partial charge in [-0.05, 0) is 43.4 Å². The van der Waals surface area contributed by atoms with E-state index in [2.05, 4.69) is 23.8 Å². The molecule has 2 amide bonds. The lowest BCUT2D eigenvalue weighted by molar-refractivity contribution is 0.0676. The smallest absolute Gasteiger partial charge is 0.271 e. The van der Waals surface area contributed by atoms with Gasteiger partial charge in [-0.2, -0.15) is 0 Å². The van der Waals surface area contributed by atoms with E-state index in [4.69, 9.17) is 10.2 Å². The first kappa shape index (κ1) is 17.3. The normalized spacial score (nSPS) is 16.3. The molecule has 1 aliphatic rings. The third-order valence-electron chi connectivity index (χ3n) is 5.68. The van der Waals surface area contributed by atoms with Crippen molar-refractivity contribution >= 4 is 17.5 Å². The zero-order chi connectivity index (χ0) is 19.3. The molecule has 1 unspecified atom stereocenters. The molecule has 1 aliphatic carbocycles. The van der Waals surface area contributed by atoms with E-state index in [0.29, 0.717) is 17.1 Å². The molecule has 0 saturated heterocycles. The minimum Gasteiger partial charge on any atom is -0.463 e. The molecule has 0 spiro atoms. The predicted molar refractivity (Wildman–Crippen MR) is 98.1 cm³/mol. The van der Waals surface area contributed by atoms with Gasteiger partial charge in [0.2, 0.25) is 0 Å². The van der Waals surface area contributed by atoms with Gasteiger partial charge in [-0.1, -0.05) is 6.92 Å². The van der Waals surface area contributed by atoms with Crippen LogP contribution in [0.25, 0.3) is 17.1 Å². The number of amides is 2. The summed E-state index contributed by atoms with van der Waals surface area (Å²) in [6.07, 6.45) is 5.13. The quantitative estimate of drug-likeness (QED) is 0.745. The Kier molecular flexibility index (Phi) is 3.80. The fraction of sp³-hybridized carbons (Fsp3) is 0.368. The third-order valence-corrected chi connectivity index (χ3v) is 5.68. The summed E-state index contributed by atoms with van der Waals surface area (Å²) in [5.74, 6) is -0.385.